The fraction of sp³-hybridized carbons (Fsp3) is 0.467. The lowest BCUT2D eigenvalue weighted by molar-refractivity contribution is -0.931. The molecule has 1 fully saturated rings. The van der Waals surface area contributed by atoms with Gasteiger partial charge in [0.2, 0.25) is 4.77 Å². The highest BCUT2D eigenvalue weighted by molar-refractivity contribution is 7.71. The average Bonchev–Trinajstić information content (AvgIpc) is 2.74. The van der Waals surface area contributed by atoms with Crippen molar-refractivity contribution in [1.29, 1.82) is 0 Å². The van der Waals surface area contributed by atoms with Gasteiger partial charge in [-0.1, -0.05) is 18.2 Å². The van der Waals surface area contributed by atoms with Crippen LogP contribution in [-0.4, -0.2) is 38.6 Å². The second kappa shape index (κ2) is 6.09. The molecule has 0 saturated carbocycles. The van der Waals surface area contributed by atoms with Gasteiger partial charge in [-0.05, 0) is 44.1 Å². The number of aliphatic hydroxyl groups is 1. The second-order valence-electron chi connectivity index (χ2n) is 5.66. The number of rotatable bonds is 3. The fourth-order valence-corrected chi connectivity index (χ4v) is 3.32. The van der Waals surface area contributed by atoms with Gasteiger partial charge in [-0.3, -0.25) is 4.57 Å². The van der Waals surface area contributed by atoms with Crippen LogP contribution in [-0.2, 0) is 6.67 Å². The molecule has 2 atom stereocenters. The molecule has 2 aromatic rings. The normalized spacial score (nSPS) is 22.4. The molecule has 3 rings (SSSR count). The standard InChI is InChI=1S/C15H20N4OS/c1-12-16-18(11-17-9-5-8-14(20)10-17)15(21)19(12)13-6-3-2-4-7-13/h2-4,6-7,14,20H,5,8-11H2,1H3/p+1/t14-/m0/s1. The molecule has 5 nitrogen and oxygen atoms in total. The van der Waals surface area contributed by atoms with E-state index in [-0.39, 0.29) is 6.10 Å². The van der Waals surface area contributed by atoms with Gasteiger partial charge in [-0.2, -0.15) is 9.78 Å². The van der Waals surface area contributed by atoms with E-state index in [0.717, 1.165) is 44.1 Å². The number of hydrogen-bond donors (Lipinski definition) is 2. The predicted octanol–water partition coefficient (Wildman–Crippen LogP) is 0.709. The molecule has 1 aromatic heterocycles. The van der Waals surface area contributed by atoms with Crippen LogP contribution < -0.4 is 4.90 Å². The van der Waals surface area contributed by atoms with E-state index >= 15 is 0 Å². The first-order chi connectivity index (χ1) is 10.1. The Kier molecular flexibility index (Phi) is 4.19. The Bertz CT molecular complexity index is 664. The zero-order valence-corrected chi connectivity index (χ0v) is 13.0. The summed E-state index contributed by atoms with van der Waals surface area (Å²) in [5.41, 5.74) is 1.04. The lowest BCUT2D eigenvalue weighted by Gasteiger charge is -2.26. The maximum Gasteiger partial charge on any atom is 0.207 e. The van der Waals surface area contributed by atoms with Gasteiger partial charge in [-0.15, -0.1) is 0 Å². The van der Waals surface area contributed by atoms with Crippen molar-refractivity contribution in [2.24, 2.45) is 0 Å². The van der Waals surface area contributed by atoms with Crippen molar-refractivity contribution >= 4 is 12.2 Å². The zero-order valence-electron chi connectivity index (χ0n) is 12.2. The summed E-state index contributed by atoms with van der Waals surface area (Å²) in [7, 11) is 0. The summed E-state index contributed by atoms with van der Waals surface area (Å²) < 4.78 is 4.59. The maximum atomic E-state index is 9.78. The van der Waals surface area contributed by atoms with Gasteiger partial charge in [0, 0.05) is 5.69 Å². The molecule has 1 unspecified atom stereocenters. The number of nitrogens with one attached hydrogen (secondary N) is 1. The summed E-state index contributed by atoms with van der Waals surface area (Å²) in [5, 5.41) is 14.4. The Labute approximate surface area is 129 Å². The Balaban J connectivity index is 1.86. The molecule has 0 radical (unpaired) electrons. The minimum absolute atomic E-state index is 0.194. The summed E-state index contributed by atoms with van der Waals surface area (Å²) in [5.74, 6) is 0.892. The molecule has 6 heteroatoms. The van der Waals surface area contributed by atoms with Crippen molar-refractivity contribution in [2.75, 3.05) is 13.1 Å². The van der Waals surface area contributed by atoms with Crippen molar-refractivity contribution in [1.82, 2.24) is 14.3 Å². The van der Waals surface area contributed by atoms with Crippen LogP contribution in [0.2, 0.25) is 0 Å². The van der Waals surface area contributed by atoms with Crippen molar-refractivity contribution in [3.8, 4) is 5.69 Å². The van der Waals surface area contributed by atoms with E-state index in [0.29, 0.717) is 4.77 Å². The highest BCUT2D eigenvalue weighted by Crippen LogP contribution is 2.11. The fourth-order valence-electron chi connectivity index (χ4n) is 2.97. The third-order valence-electron chi connectivity index (χ3n) is 3.98. The van der Waals surface area contributed by atoms with Gasteiger partial charge < -0.3 is 10.0 Å². The SMILES string of the molecule is Cc1nn(C[NH+]2CCC[C@H](O)C2)c(=S)n1-c1ccccc1. The minimum Gasteiger partial charge on any atom is -0.387 e. The van der Waals surface area contributed by atoms with Crippen LogP contribution in [0.25, 0.3) is 5.69 Å². The van der Waals surface area contributed by atoms with Gasteiger partial charge in [-0.25, -0.2) is 0 Å². The molecule has 0 aliphatic carbocycles. The van der Waals surface area contributed by atoms with E-state index in [1.54, 1.807) is 0 Å². The summed E-state index contributed by atoms with van der Waals surface area (Å²) in [6.45, 7) is 4.53. The highest BCUT2D eigenvalue weighted by Gasteiger charge is 2.22. The number of nitrogens with zero attached hydrogens (tertiary/aromatic N) is 3. The maximum absolute atomic E-state index is 9.78. The molecule has 2 heterocycles. The molecule has 1 aliphatic heterocycles. The van der Waals surface area contributed by atoms with E-state index in [1.807, 2.05) is 46.5 Å². The van der Waals surface area contributed by atoms with Crippen molar-refractivity contribution in [2.45, 2.75) is 32.5 Å². The van der Waals surface area contributed by atoms with Crippen LogP contribution in [0.15, 0.2) is 30.3 Å². The number of aryl methyl sites for hydroxylation is 1. The van der Waals surface area contributed by atoms with Gasteiger partial charge in [0.05, 0.1) is 6.54 Å². The number of quaternary nitrogens is 1. The highest BCUT2D eigenvalue weighted by atomic mass is 32.1. The lowest BCUT2D eigenvalue weighted by atomic mass is 10.1. The minimum atomic E-state index is -0.194. The molecule has 1 aromatic carbocycles. The molecule has 1 saturated heterocycles. The first-order valence-corrected chi connectivity index (χ1v) is 7.79. The number of piperidine rings is 1. The molecular weight excluding hydrogens is 284 g/mol. The number of hydrogen-bond acceptors (Lipinski definition) is 3. The number of aliphatic hydroxyl groups excluding tert-OH is 1. The van der Waals surface area contributed by atoms with Gasteiger partial charge >= 0.3 is 0 Å². The second-order valence-corrected chi connectivity index (χ2v) is 6.02. The number of benzene rings is 1. The Hall–Kier alpha value is -1.50. The number of para-hydroxylation sites is 1. The Morgan fingerprint density at radius 3 is 2.86 bits per heavy atom. The number of aromatic nitrogens is 3. The van der Waals surface area contributed by atoms with E-state index in [1.165, 1.54) is 4.90 Å². The van der Waals surface area contributed by atoms with Crippen molar-refractivity contribution in [3.05, 3.63) is 40.9 Å². The number of likely N-dealkylation sites (tertiary alicyclic amines) is 1. The monoisotopic (exact) mass is 305 g/mol. The van der Waals surface area contributed by atoms with Gasteiger partial charge in [0.15, 0.2) is 6.67 Å². The van der Waals surface area contributed by atoms with E-state index in [9.17, 15) is 5.11 Å². The van der Waals surface area contributed by atoms with Crippen molar-refractivity contribution in [3.63, 3.8) is 0 Å². The van der Waals surface area contributed by atoms with Crippen LogP contribution >= 0.6 is 12.2 Å². The van der Waals surface area contributed by atoms with Crippen LogP contribution in [0.5, 0.6) is 0 Å². The molecule has 21 heavy (non-hydrogen) atoms. The quantitative estimate of drug-likeness (QED) is 0.821. The van der Waals surface area contributed by atoms with Crippen LogP contribution in [0.3, 0.4) is 0 Å². The van der Waals surface area contributed by atoms with Crippen LogP contribution in [0.4, 0.5) is 0 Å². The average molecular weight is 305 g/mol. The summed E-state index contributed by atoms with van der Waals surface area (Å²) in [6.07, 6.45) is 1.77. The summed E-state index contributed by atoms with van der Waals surface area (Å²) in [6, 6.07) is 10.1. The van der Waals surface area contributed by atoms with E-state index < -0.39 is 0 Å². The smallest absolute Gasteiger partial charge is 0.207 e. The summed E-state index contributed by atoms with van der Waals surface area (Å²) >= 11 is 5.58. The first kappa shape index (κ1) is 14.4. The molecule has 112 valence electrons. The van der Waals surface area contributed by atoms with Gasteiger partial charge in [0.25, 0.3) is 0 Å². The zero-order chi connectivity index (χ0) is 14.8. The Morgan fingerprint density at radius 2 is 2.14 bits per heavy atom. The van der Waals surface area contributed by atoms with E-state index in [2.05, 4.69) is 5.10 Å². The molecular formula is C15H21N4OS+. The largest absolute Gasteiger partial charge is 0.387 e. The third kappa shape index (κ3) is 3.07. The topological polar surface area (TPSA) is 47.4 Å². The first-order valence-electron chi connectivity index (χ1n) is 7.38. The van der Waals surface area contributed by atoms with Crippen molar-refractivity contribution < 1.29 is 10.0 Å². The Morgan fingerprint density at radius 1 is 1.38 bits per heavy atom. The lowest BCUT2D eigenvalue weighted by Crippen LogP contribution is -3.13. The third-order valence-corrected chi connectivity index (χ3v) is 4.37. The molecule has 0 spiro atoms. The van der Waals surface area contributed by atoms with Crippen LogP contribution in [0, 0.1) is 11.7 Å². The van der Waals surface area contributed by atoms with E-state index in [4.69, 9.17) is 12.2 Å². The van der Waals surface area contributed by atoms with Gasteiger partial charge in [0.1, 0.15) is 18.5 Å². The molecule has 0 amide bonds. The molecule has 2 N–H and O–H groups in total. The molecule has 0 bridgehead atoms. The summed E-state index contributed by atoms with van der Waals surface area (Å²) in [4.78, 5) is 1.34. The predicted molar refractivity (Wildman–Crippen MR) is 83.1 cm³/mol. The molecule has 1 aliphatic rings. The van der Waals surface area contributed by atoms with Crippen LogP contribution in [0.1, 0.15) is 18.7 Å².